The number of carbonyl (C=O) groups excluding carboxylic acids is 1. The van der Waals surface area contributed by atoms with Crippen molar-refractivity contribution in [2.75, 3.05) is 6.61 Å². The van der Waals surface area contributed by atoms with E-state index < -0.39 is 19.5 Å². The lowest BCUT2D eigenvalue weighted by Gasteiger charge is -2.44. The molecule has 5 heteroatoms. The molecular formula is C40H45NO3Si. The van der Waals surface area contributed by atoms with Gasteiger partial charge in [0.1, 0.15) is 11.8 Å². The molecule has 0 aliphatic carbocycles. The smallest absolute Gasteiger partial charge is 0.261 e. The van der Waals surface area contributed by atoms with Crippen molar-refractivity contribution in [2.45, 2.75) is 69.9 Å². The Hall–Kier alpha value is -3.77. The molecule has 1 amide bonds. The van der Waals surface area contributed by atoms with Crippen LogP contribution in [0.2, 0.25) is 5.04 Å². The lowest BCUT2D eigenvalue weighted by molar-refractivity contribution is -0.142. The van der Waals surface area contributed by atoms with E-state index in [1.165, 1.54) is 10.4 Å². The molecule has 2 aliphatic rings. The fraction of sp³-hybridized carbons (Fsp3) is 0.325. The van der Waals surface area contributed by atoms with E-state index in [9.17, 15) is 4.79 Å². The summed E-state index contributed by atoms with van der Waals surface area (Å²) in [6.45, 7) is 13.4. The lowest BCUT2D eigenvalue weighted by atomic mass is 9.75. The lowest BCUT2D eigenvalue weighted by Crippen LogP contribution is -2.67. The zero-order valence-electron chi connectivity index (χ0n) is 27.0. The summed E-state index contributed by atoms with van der Waals surface area (Å²) in [6.07, 6.45) is 3.42. The highest BCUT2D eigenvalue weighted by Gasteiger charge is 2.65. The molecule has 0 N–H and O–H groups in total. The van der Waals surface area contributed by atoms with Crippen molar-refractivity contribution in [3.05, 3.63) is 145 Å². The van der Waals surface area contributed by atoms with E-state index in [2.05, 4.69) is 124 Å². The van der Waals surface area contributed by atoms with Crippen LogP contribution < -0.4 is 10.4 Å². The van der Waals surface area contributed by atoms with Crippen molar-refractivity contribution in [3.63, 3.8) is 0 Å². The summed E-state index contributed by atoms with van der Waals surface area (Å²) >= 11 is 0. The van der Waals surface area contributed by atoms with E-state index in [-0.39, 0.29) is 23.1 Å². The van der Waals surface area contributed by atoms with Gasteiger partial charge in [-0.25, -0.2) is 0 Å². The first kappa shape index (κ1) is 31.2. The molecule has 4 atom stereocenters. The highest BCUT2D eigenvalue weighted by atomic mass is 28.4. The summed E-state index contributed by atoms with van der Waals surface area (Å²) in [7, 11) is -2.86. The molecule has 232 valence electrons. The second-order valence-electron chi connectivity index (χ2n) is 14.0. The monoisotopic (exact) mass is 615 g/mol. The maximum atomic E-state index is 14.9. The summed E-state index contributed by atoms with van der Waals surface area (Å²) in [5.41, 5.74) is 0.816. The fourth-order valence-corrected chi connectivity index (χ4v) is 12.6. The van der Waals surface area contributed by atoms with E-state index in [0.29, 0.717) is 25.9 Å². The third kappa shape index (κ3) is 5.52. The molecule has 45 heavy (non-hydrogen) atoms. The quantitative estimate of drug-likeness (QED) is 0.137. The minimum atomic E-state index is -2.86. The van der Waals surface area contributed by atoms with Gasteiger partial charge in [-0.15, -0.1) is 6.58 Å². The Balaban J connectivity index is 1.44. The molecule has 2 saturated heterocycles. The van der Waals surface area contributed by atoms with Crippen LogP contribution in [0.15, 0.2) is 134 Å². The van der Waals surface area contributed by atoms with Gasteiger partial charge in [0.15, 0.2) is 0 Å². The Labute approximate surface area is 269 Å². The maximum absolute atomic E-state index is 14.9. The number of hydrogen-bond donors (Lipinski definition) is 0. The van der Waals surface area contributed by atoms with Crippen LogP contribution in [0.5, 0.6) is 0 Å². The predicted molar refractivity (Wildman–Crippen MR) is 185 cm³/mol. The van der Waals surface area contributed by atoms with Gasteiger partial charge in [0.05, 0.1) is 18.1 Å². The second-order valence-corrected chi connectivity index (χ2v) is 18.3. The second kappa shape index (κ2) is 12.2. The first-order valence-corrected chi connectivity index (χ1v) is 18.0. The maximum Gasteiger partial charge on any atom is 0.261 e. The zero-order chi connectivity index (χ0) is 31.7. The Morgan fingerprint density at radius 3 is 1.89 bits per heavy atom. The van der Waals surface area contributed by atoms with Crippen LogP contribution in [0.1, 0.15) is 57.8 Å². The van der Waals surface area contributed by atoms with Gasteiger partial charge in [0.25, 0.3) is 8.32 Å². The molecule has 2 fully saturated rings. The van der Waals surface area contributed by atoms with Gasteiger partial charge < -0.3 is 14.1 Å². The molecular weight excluding hydrogens is 571 g/mol. The van der Waals surface area contributed by atoms with Gasteiger partial charge in [0, 0.05) is 6.42 Å². The number of fused-ring (bicyclic) bond motifs is 1. The number of nitrogens with zero attached hydrogens (tertiary/aromatic N) is 1. The Kier molecular flexibility index (Phi) is 8.46. The van der Waals surface area contributed by atoms with Gasteiger partial charge in [-0.05, 0) is 46.3 Å². The van der Waals surface area contributed by atoms with Crippen molar-refractivity contribution in [1.29, 1.82) is 0 Å². The molecule has 6 rings (SSSR count). The molecule has 0 radical (unpaired) electrons. The molecule has 4 aromatic rings. The molecule has 2 heterocycles. The first-order valence-electron chi connectivity index (χ1n) is 16.1. The summed E-state index contributed by atoms with van der Waals surface area (Å²) < 4.78 is 14.5. The standard InChI is InChI=1S/C40H45NO3Si/c1-6-27-40(28-31-19-11-7-12-20-31)30-39(5)41(37(40)42)35(36(44-39)32-21-13-8-14-22-32)29-43-45(38(2,3)4,33-23-15-9-16-24-33)34-25-17-10-18-26-34/h6-26,35-36H,1,27-30H2,2-5H3/t35-,36-,39+,40-/m0/s1. The number of rotatable bonds is 10. The Bertz CT molecular complexity index is 1570. The van der Waals surface area contributed by atoms with Crippen LogP contribution >= 0.6 is 0 Å². The normalized spacial score (nSPS) is 24.9. The van der Waals surface area contributed by atoms with Crippen LogP contribution in [0.25, 0.3) is 0 Å². The third-order valence-corrected chi connectivity index (χ3v) is 14.9. The third-order valence-electron chi connectivity index (χ3n) is 9.85. The van der Waals surface area contributed by atoms with Crippen molar-refractivity contribution in [2.24, 2.45) is 5.41 Å². The van der Waals surface area contributed by atoms with E-state index in [1.807, 2.05) is 42.5 Å². The van der Waals surface area contributed by atoms with Gasteiger partial charge in [0.2, 0.25) is 5.91 Å². The van der Waals surface area contributed by atoms with Crippen molar-refractivity contribution in [1.82, 2.24) is 4.90 Å². The van der Waals surface area contributed by atoms with E-state index >= 15 is 0 Å². The summed E-state index contributed by atoms with van der Waals surface area (Å²) in [6, 6.07) is 41.8. The average molecular weight is 616 g/mol. The van der Waals surface area contributed by atoms with Gasteiger partial charge in [-0.3, -0.25) is 4.79 Å². The molecule has 0 unspecified atom stereocenters. The number of hydrogen-bond acceptors (Lipinski definition) is 3. The number of ether oxygens (including phenoxy) is 1. The van der Waals surface area contributed by atoms with Crippen LogP contribution in [-0.4, -0.2) is 37.5 Å². The van der Waals surface area contributed by atoms with Gasteiger partial charge >= 0.3 is 0 Å². The Morgan fingerprint density at radius 1 is 0.867 bits per heavy atom. The van der Waals surface area contributed by atoms with Crippen LogP contribution in [0.3, 0.4) is 0 Å². The first-order chi connectivity index (χ1) is 21.6. The highest BCUT2D eigenvalue weighted by Crippen LogP contribution is 2.56. The largest absolute Gasteiger partial charge is 0.405 e. The molecule has 0 saturated carbocycles. The SMILES string of the molecule is C=CC[C@]1(Cc2ccccc2)C[C@@]2(C)O[C@@H](c3ccccc3)[C@H](CO[Si](c3ccccc3)(c3ccccc3)C(C)(C)C)N2C1=O. The molecule has 4 aromatic carbocycles. The molecule has 0 aromatic heterocycles. The Morgan fingerprint density at radius 2 is 1.38 bits per heavy atom. The highest BCUT2D eigenvalue weighted by molar-refractivity contribution is 6.99. The van der Waals surface area contributed by atoms with Crippen LogP contribution in [-0.2, 0) is 20.4 Å². The zero-order valence-corrected chi connectivity index (χ0v) is 28.0. The number of allylic oxidation sites excluding steroid dienone is 1. The van der Waals surface area contributed by atoms with Gasteiger partial charge in [-0.2, -0.15) is 0 Å². The van der Waals surface area contributed by atoms with Crippen molar-refractivity contribution in [3.8, 4) is 0 Å². The van der Waals surface area contributed by atoms with E-state index in [0.717, 1.165) is 11.1 Å². The summed E-state index contributed by atoms with van der Waals surface area (Å²) in [5, 5.41) is 2.26. The fourth-order valence-electron chi connectivity index (χ4n) is 8.05. The minimum Gasteiger partial charge on any atom is -0.405 e. The van der Waals surface area contributed by atoms with Gasteiger partial charge in [-0.1, -0.05) is 148 Å². The van der Waals surface area contributed by atoms with Crippen molar-refractivity contribution >= 4 is 24.6 Å². The van der Waals surface area contributed by atoms with Crippen molar-refractivity contribution < 1.29 is 14.0 Å². The molecule has 4 nitrogen and oxygen atoms in total. The van der Waals surface area contributed by atoms with E-state index in [1.54, 1.807) is 0 Å². The topological polar surface area (TPSA) is 38.8 Å². The van der Waals surface area contributed by atoms with Crippen LogP contribution in [0.4, 0.5) is 0 Å². The predicted octanol–water partition coefficient (Wildman–Crippen LogP) is 7.46. The average Bonchev–Trinajstić information content (AvgIpc) is 3.44. The molecule has 0 bridgehead atoms. The molecule has 2 aliphatic heterocycles. The molecule has 0 spiro atoms. The van der Waals surface area contributed by atoms with E-state index in [4.69, 9.17) is 9.16 Å². The summed E-state index contributed by atoms with van der Waals surface area (Å²) in [5.74, 6) is 0.128. The van der Waals surface area contributed by atoms with Crippen LogP contribution in [0, 0.1) is 5.41 Å². The summed E-state index contributed by atoms with van der Waals surface area (Å²) in [4.78, 5) is 17.0. The number of amides is 1. The number of benzene rings is 4. The minimum absolute atomic E-state index is 0.128. The number of carbonyl (C=O) groups is 1.